The molecule has 0 saturated heterocycles. The fraction of sp³-hybridized carbons (Fsp3) is 0.385. The standard InChI is InChI=1S/C13H15N5O3/c19-12(15-17-21)8-2-1-5-9-18-13(20)10-6-3-4-7-11(10)14-16-18/h3-4,6-7H,1-2,5,8-9H2,(H,15,19,21). The Labute approximate surface area is 120 Å². The Kier molecular flexibility index (Phi) is 5.08. The van der Waals surface area contributed by atoms with E-state index in [1.807, 2.05) is 5.43 Å². The van der Waals surface area contributed by atoms with Gasteiger partial charge in [-0.2, -0.15) is 0 Å². The summed E-state index contributed by atoms with van der Waals surface area (Å²) in [6, 6.07) is 7.06. The molecule has 0 radical (unpaired) electrons. The summed E-state index contributed by atoms with van der Waals surface area (Å²) < 4.78 is 1.33. The van der Waals surface area contributed by atoms with Gasteiger partial charge in [-0.15, -0.1) is 10.0 Å². The van der Waals surface area contributed by atoms with Gasteiger partial charge >= 0.3 is 0 Å². The Morgan fingerprint density at radius 2 is 2.05 bits per heavy atom. The molecule has 110 valence electrons. The summed E-state index contributed by atoms with van der Waals surface area (Å²) >= 11 is 0. The number of nitrogens with zero attached hydrogens (tertiary/aromatic N) is 4. The predicted molar refractivity (Wildman–Crippen MR) is 76.2 cm³/mol. The molecular formula is C13H15N5O3. The van der Waals surface area contributed by atoms with Crippen LogP contribution in [0.15, 0.2) is 34.3 Å². The number of nitrogens with one attached hydrogen (secondary N) is 1. The average Bonchev–Trinajstić information content (AvgIpc) is 2.49. The Bertz CT molecular complexity index is 698. The molecule has 0 bridgehead atoms. The highest BCUT2D eigenvalue weighted by Gasteiger charge is 2.05. The van der Waals surface area contributed by atoms with Crippen LogP contribution in [0.3, 0.4) is 0 Å². The van der Waals surface area contributed by atoms with E-state index >= 15 is 0 Å². The van der Waals surface area contributed by atoms with Crippen molar-refractivity contribution in [2.45, 2.75) is 32.2 Å². The number of unbranched alkanes of at least 4 members (excludes halogenated alkanes) is 2. The largest absolute Gasteiger partial charge is 0.277 e. The lowest BCUT2D eigenvalue weighted by Crippen LogP contribution is -2.24. The van der Waals surface area contributed by atoms with Gasteiger partial charge in [-0.05, 0) is 25.0 Å². The minimum Gasteiger partial charge on any atom is -0.273 e. The number of fused-ring (bicyclic) bond motifs is 1. The number of amides is 1. The molecule has 0 aliphatic rings. The van der Waals surface area contributed by atoms with Gasteiger partial charge in [0.2, 0.25) is 5.91 Å². The molecule has 0 unspecified atom stereocenters. The second kappa shape index (κ2) is 7.22. The van der Waals surface area contributed by atoms with Crippen molar-refractivity contribution in [2.75, 3.05) is 0 Å². The highest BCUT2D eigenvalue weighted by molar-refractivity contribution is 5.76. The highest BCUT2D eigenvalue weighted by Crippen LogP contribution is 2.05. The molecular weight excluding hydrogens is 274 g/mol. The number of aryl methyl sites for hydroxylation is 1. The first kappa shape index (κ1) is 14.8. The normalized spacial score (nSPS) is 10.5. The maximum absolute atomic E-state index is 12.1. The Balaban J connectivity index is 1.87. The third-order valence-electron chi connectivity index (χ3n) is 3.07. The number of hydrogen-bond acceptors (Lipinski definition) is 6. The van der Waals surface area contributed by atoms with E-state index in [2.05, 4.69) is 15.6 Å². The van der Waals surface area contributed by atoms with Crippen LogP contribution in [0.4, 0.5) is 0 Å². The fourth-order valence-corrected chi connectivity index (χ4v) is 2.00. The van der Waals surface area contributed by atoms with Crippen LogP contribution in [0.2, 0.25) is 0 Å². The molecule has 0 aliphatic carbocycles. The third kappa shape index (κ3) is 3.91. The lowest BCUT2D eigenvalue weighted by atomic mass is 10.2. The Hall–Kier alpha value is -2.64. The summed E-state index contributed by atoms with van der Waals surface area (Å²) in [5, 5.41) is 10.7. The van der Waals surface area contributed by atoms with Crippen molar-refractivity contribution in [3.05, 3.63) is 39.5 Å². The Morgan fingerprint density at radius 3 is 2.86 bits per heavy atom. The zero-order valence-electron chi connectivity index (χ0n) is 11.4. The SMILES string of the molecule is O=NNC(=O)CCCCCn1nnc2ccccc2c1=O. The zero-order valence-corrected chi connectivity index (χ0v) is 11.4. The van der Waals surface area contributed by atoms with Gasteiger partial charge in [-0.3, -0.25) is 9.59 Å². The fourth-order valence-electron chi connectivity index (χ4n) is 2.00. The van der Waals surface area contributed by atoms with E-state index in [0.717, 1.165) is 6.42 Å². The maximum Gasteiger partial charge on any atom is 0.277 e. The first-order valence-electron chi connectivity index (χ1n) is 6.66. The first-order chi connectivity index (χ1) is 10.2. The molecule has 1 amide bonds. The minimum absolute atomic E-state index is 0.163. The van der Waals surface area contributed by atoms with Crippen LogP contribution >= 0.6 is 0 Å². The number of hydrogen-bond donors (Lipinski definition) is 1. The number of nitroso groups, excluding NO2 is 1. The molecule has 21 heavy (non-hydrogen) atoms. The van der Waals surface area contributed by atoms with E-state index in [9.17, 15) is 14.5 Å². The maximum atomic E-state index is 12.1. The van der Waals surface area contributed by atoms with Crippen molar-refractivity contribution in [1.29, 1.82) is 0 Å². The minimum atomic E-state index is -0.396. The third-order valence-corrected chi connectivity index (χ3v) is 3.07. The molecule has 0 atom stereocenters. The predicted octanol–water partition coefficient (Wildman–Crippen LogP) is 1.15. The van der Waals surface area contributed by atoms with Crippen molar-refractivity contribution < 1.29 is 4.79 Å². The molecule has 1 heterocycles. The molecule has 1 N–H and O–H groups in total. The molecule has 1 aromatic heterocycles. The molecule has 2 aromatic rings. The summed E-state index contributed by atoms with van der Waals surface area (Å²) in [5.41, 5.74) is 2.25. The van der Waals surface area contributed by atoms with Crippen molar-refractivity contribution in [3.63, 3.8) is 0 Å². The van der Waals surface area contributed by atoms with Crippen molar-refractivity contribution in [2.24, 2.45) is 5.29 Å². The first-order valence-corrected chi connectivity index (χ1v) is 6.66. The average molecular weight is 289 g/mol. The lowest BCUT2D eigenvalue weighted by Gasteiger charge is -2.04. The summed E-state index contributed by atoms with van der Waals surface area (Å²) in [5.74, 6) is -0.396. The van der Waals surface area contributed by atoms with Crippen LogP contribution < -0.4 is 11.0 Å². The summed E-state index contributed by atoms with van der Waals surface area (Å²) in [4.78, 5) is 32.9. The van der Waals surface area contributed by atoms with Gasteiger partial charge in [0.15, 0.2) is 0 Å². The number of benzene rings is 1. The van der Waals surface area contributed by atoms with E-state index in [-0.39, 0.29) is 12.0 Å². The van der Waals surface area contributed by atoms with E-state index in [4.69, 9.17) is 0 Å². The summed E-state index contributed by atoms with van der Waals surface area (Å²) in [7, 11) is 0. The number of carbonyl (C=O) groups is 1. The van der Waals surface area contributed by atoms with Gasteiger partial charge in [0.05, 0.1) is 10.7 Å². The van der Waals surface area contributed by atoms with Crippen molar-refractivity contribution in [1.82, 2.24) is 20.4 Å². The van der Waals surface area contributed by atoms with Gasteiger partial charge in [-0.25, -0.2) is 10.1 Å². The zero-order chi connectivity index (χ0) is 15.1. The lowest BCUT2D eigenvalue weighted by molar-refractivity contribution is -0.121. The van der Waals surface area contributed by atoms with Crippen LogP contribution in [0, 0.1) is 4.91 Å². The van der Waals surface area contributed by atoms with Crippen LogP contribution in [0.1, 0.15) is 25.7 Å². The highest BCUT2D eigenvalue weighted by atomic mass is 16.3. The van der Waals surface area contributed by atoms with E-state index in [1.54, 1.807) is 24.3 Å². The summed E-state index contributed by atoms with van der Waals surface area (Å²) in [6.07, 6.45) is 2.31. The molecule has 0 aliphatic heterocycles. The molecule has 0 fully saturated rings. The quantitative estimate of drug-likeness (QED) is 0.467. The molecule has 8 nitrogen and oxygen atoms in total. The van der Waals surface area contributed by atoms with Crippen LogP contribution in [0.5, 0.6) is 0 Å². The van der Waals surface area contributed by atoms with Crippen LogP contribution in [-0.4, -0.2) is 20.9 Å². The van der Waals surface area contributed by atoms with Gasteiger partial charge in [-0.1, -0.05) is 23.8 Å². The topological polar surface area (TPSA) is 106 Å². The summed E-state index contributed by atoms with van der Waals surface area (Å²) in [6.45, 7) is 0.449. The van der Waals surface area contributed by atoms with Gasteiger partial charge in [0, 0.05) is 13.0 Å². The van der Waals surface area contributed by atoms with Crippen molar-refractivity contribution in [3.8, 4) is 0 Å². The second-order valence-electron chi connectivity index (χ2n) is 4.57. The molecule has 1 aromatic carbocycles. The number of rotatable bonds is 7. The van der Waals surface area contributed by atoms with Crippen LogP contribution in [-0.2, 0) is 11.3 Å². The van der Waals surface area contributed by atoms with Gasteiger partial charge in [0.1, 0.15) is 5.52 Å². The number of carbonyl (C=O) groups excluding carboxylic acids is 1. The van der Waals surface area contributed by atoms with E-state index in [0.29, 0.717) is 30.3 Å². The molecule has 0 spiro atoms. The van der Waals surface area contributed by atoms with Crippen molar-refractivity contribution >= 4 is 16.8 Å². The van der Waals surface area contributed by atoms with Gasteiger partial charge < -0.3 is 0 Å². The number of aromatic nitrogens is 3. The van der Waals surface area contributed by atoms with Gasteiger partial charge in [0.25, 0.3) is 5.56 Å². The van der Waals surface area contributed by atoms with E-state index in [1.165, 1.54) is 4.68 Å². The van der Waals surface area contributed by atoms with Crippen LogP contribution in [0.25, 0.3) is 10.9 Å². The van der Waals surface area contributed by atoms with E-state index < -0.39 is 5.91 Å². The monoisotopic (exact) mass is 289 g/mol. The second-order valence-corrected chi connectivity index (χ2v) is 4.57. The molecule has 2 rings (SSSR count). The molecule has 0 saturated carbocycles. The Morgan fingerprint density at radius 1 is 1.24 bits per heavy atom. The molecule has 8 heteroatoms. The smallest absolute Gasteiger partial charge is 0.273 e.